The molecular weight excluding hydrogens is 381 g/mol. The molecule has 0 aromatic carbocycles. The molecule has 3 nitrogen and oxygen atoms in total. The first-order valence-corrected chi connectivity index (χ1v) is 8.25. The average molecular weight is 407 g/mol. The number of nitrogens with one attached hydrogen (secondary N) is 2. The van der Waals surface area contributed by atoms with Crippen molar-refractivity contribution < 1.29 is 0 Å². The molecule has 1 heterocycles. The molecule has 2 N–H and O–H groups in total. The Morgan fingerprint density at radius 2 is 2.15 bits per heavy atom. The minimum absolute atomic E-state index is 0. The molecule has 5 heteroatoms. The van der Waals surface area contributed by atoms with E-state index in [1.54, 1.807) is 11.3 Å². The first-order chi connectivity index (χ1) is 9.28. The van der Waals surface area contributed by atoms with Gasteiger partial charge in [-0.2, -0.15) is 11.3 Å². The molecule has 1 fully saturated rings. The summed E-state index contributed by atoms with van der Waals surface area (Å²) in [6.45, 7) is 7.14. The number of guanidine groups is 1. The van der Waals surface area contributed by atoms with Gasteiger partial charge in [0.25, 0.3) is 0 Å². The lowest BCUT2D eigenvalue weighted by Crippen LogP contribution is -2.46. The molecule has 0 atom stereocenters. The van der Waals surface area contributed by atoms with Crippen LogP contribution in [0.2, 0.25) is 0 Å². The van der Waals surface area contributed by atoms with E-state index in [9.17, 15) is 0 Å². The highest BCUT2D eigenvalue weighted by Crippen LogP contribution is 2.42. The molecule has 0 radical (unpaired) electrons. The van der Waals surface area contributed by atoms with Crippen LogP contribution < -0.4 is 10.6 Å². The highest BCUT2D eigenvalue weighted by Gasteiger charge is 2.34. The van der Waals surface area contributed by atoms with Crippen molar-refractivity contribution >= 4 is 41.3 Å². The van der Waals surface area contributed by atoms with Crippen molar-refractivity contribution in [3.63, 3.8) is 0 Å². The van der Waals surface area contributed by atoms with Gasteiger partial charge in [0.2, 0.25) is 0 Å². The molecule has 0 amide bonds. The molecule has 0 unspecified atom stereocenters. The lowest BCUT2D eigenvalue weighted by Gasteiger charge is -2.41. The van der Waals surface area contributed by atoms with Crippen LogP contribution >= 0.6 is 35.3 Å². The van der Waals surface area contributed by atoms with E-state index in [0.717, 1.165) is 25.6 Å². The van der Waals surface area contributed by atoms with Gasteiger partial charge in [-0.3, -0.25) is 0 Å². The second-order valence-corrected chi connectivity index (χ2v) is 6.17. The minimum Gasteiger partial charge on any atom is -0.357 e. The molecular formula is C15H26IN3S. The fraction of sp³-hybridized carbons (Fsp3) is 0.667. The molecule has 2 rings (SSSR count). The summed E-state index contributed by atoms with van der Waals surface area (Å²) >= 11 is 1.73. The van der Waals surface area contributed by atoms with Crippen LogP contribution in [0.5, 0.6) is 0 Å². The highest BCUT2D eigenvalue weighted by molar-refractivity contribution is 14.0. The maximum Gasteiger partial charge on any atom is 0.191 e. The van der Waals surface area contributed by atoms with Gasteiger partial charge >= 0.3 is 0 Å². The van der Waals surface area contributed by atoms with Crippen LogP contribution in [0.4, 0.5) is 0 Å². The van der Waals surface area contributed by atoms with E-state index in [4.69, 9.17) is 0 Å². The number of hydrogen-bond donors (Lipinski definition) is 2. The van der Waals surface area contributed by atoms with Crippen molar-refractivity contribution in [3.05, 3.63) is 22.4 Å². The lowest BCUT2D eigenvalue weighted by molar-refractivity contribution is 0.131. The quantitative estimate of drug-likeness (QED) is 0.425. The van der Waals surface area contributed by atoms with E-state index in [-0.39, 0.29) is 24.0 Å². The van der Waals surface area contributed by atoms with Crippen molar-refractivity contribution in [2.75, 3.05) is 13.1 Å². The Bertz CT molecular complexity index is 394. The zero-order valence-corrected chi connectivity index (χ0v) is 15.6. The van der Waals surface area contributed by atoms with Gasteiger partial charge in [-0.05, 0) is 54.0 Å². The predicted molar refractivity (Wildman–Crippen MR) is 99.1 cm³/mol. The Balaban J connectivity index is 0.00000200. The van der Waals surface area contributed by atoms with E-state index in [1.807, 2.05) is 0 Å². The van der Waals surface area contributed by atoms with Crippen LogP contribution in [0, 0.1) is 5.41 Å². The molecule has 0 aliphatic heterocycles. The van der Waals surface area contributed by atoms with Crippen molar-refractivity contribution in [2.45, 2.75) is 46.1 Å². The monoisotopic (exact) mass is 407 g/mol. The van der Waals surface area contributed by atoms with Gasteiger partial charge in [0.05, 0.1) is 6.54 Å². The van der Waals surface area contributed by atoms with Crippen molar-refractivity contribution in [3.8, 4) is 0 Å². The largest absolute Gasteiger partial charge is 0.357 e. The van der Waals surface area contributed by atoms with Crippen molar-refractivity contribution in [1.29, 1.82) is 0 Å². The van der Waals surface area contributed by atoms with Crippen LogP contribution in [0.1, 0.15) is 45.1 Å². The Labute approximate surface area is 143 Å². The van der Waals surface area contributed by atoms with Gasteiger partial charge in [0.1, 0.15) is 0 Å². The topological polar surface area (TPSA) is 36.4 Å². The SMILES string of the molecule is CCNC(=NCc1ccsc1)NCC1(CC)CCC1.I. The molecule has 114 valence electrons. The summed E-state index contributed by atoms with van der Waals surface area (Å²) in [5.74, 6) is 0.952. The molecule has 0 spiro atoms. The van der Waals surface area contributed by atoms with Gasteiger partial charge in [0.15, 0.2) is 5.96 Å². The Morgan fingerprint density at radius 1 is 1.35 bits per heavy atom. The maximum absolute atomic E-state index is 4.65. The summed E-state index contributed by atoms with van der Waals surface area (Å²) in [4.78, 5) is 4.65. The third-order valence-corrected chi connectivity index (χ3v) is 4.87. The van der Waals surface area contributed by atoms with Gasteiger partial charge in [-0.1, -0.05) is 13.3 Å². The first kappa shape index (κ1) is 17.8. The Hall–Kier alpha value is -0.300. The molecule has 1 aromatic rings. The van der Waals surface area contributed by atoms with E-state index in [1.165, 1.54) is 31.2 Å². The summed E-state index contributed by atoms with van der Waals surface area (Å²) in [6, 6.07) is 2.14. The van der Waals surface area contributed by atoms with Gasteiger partial charge < -0.3 is 10.6 Å². The normalized spacial score (nSPS) is 17.0. The lowest BCUT2D eigenvalue weighted by atomic mass is 9.67. The number of rotatable bonds is 6. The molecule has 1 saturated carbocycles. The van der Waals surface area contributed by atoms with E-state index in [0.29, 0.717) is 5.41 Å². The average Bonchev–Trinajstić information content (AvgIpc) is 2.88. The Kier molecular flexibility index (Phi) is 7.87. The van der Waals surface area contributed by atoms with Crippen LogP contribution in [0.25, 0.3) is 0 Å². The summed E-state index contributed by atoms with van der Waals surface area (Å²) in [7, 11) is 0. The summed E-state index contributed by atoms with van der Waals surface area (Å²) in [6.07, 6.45) is 5.38. The van der Waals surface area contributed by atoms with E-state index < -0.39 is 0 Å². The van der Waals surface area contributed by atoms with E-state index >= 15 is 0 Å². The summed E-state index contributed by atoms with van der Waals surface area (Å²) in [5.41, 5.74) is 1.81. The summed E-state index contributed by atoms with van der Waals surface area (Å²) < 4.78 is 0. The van der Waals surface area contributed by atoms with E-state index in [2.05, 4.69) is 46.3 Å². The molecule has 1 aliphatic rings. The second-order valence-electron chi connectivity index (χ2n) is 5.39. The minimum atomic E-state index is 0. The van der Waals surface area contributed by atoms with Gasteiger partial charge in [0, 0.05) is 13.1 Å². The number of thiophene rings is 1. The fourth-order valence-corrected chi connectivity index (χ4v) is 3.16. The molecule has 0 saturated heterocycles. The van der Waals surface area contributed by atoms with Gasteiger partial charge in [-0.15, -0.1) is 24.0 Å². The third-order valence-electron chi connectivity index (χ3n) is 4.14. The first-order valence-electron chi connectivity index (χ1n) is 7.31. The molecule has 1 aliphatic carbocycles. The third kappa shape index (κ3) is 4.91. The van der Waals surface area contributed by atoms with Crippen LogP contribution in [-0.4, -0.2) is 19.0 Å². The van der Waals surface area contributed by atoms with Crippen molar-refractivity contribution in [2.24, 2.45) is 10.4 Å². The Morgan fingerprint density at radius 3 is 2.65 bits per heavy atom. The van der Waals surface area contributed by atoms with Crippen LogP contribution in [0.3, 0.4) is 0 Å². The number of aliphatic imine (C=N–C) groups is 1. The maximum atomic E-state index is 4.65. The predicted octanol–water partition coefficient (Wildman–Crippen LogP) is 4.00. The van der Waals surface area contributed by atoms with Crippen LogP contribution in [-0.2, 0) is 6.54 Å². The number of nitrogens with zero attached hydrogens (tertiary/aromatic N) is 1. The molecule has 0 bridgehead atoms. The zero-order valence-electron chi connectivity index (χ0n) is 12.4. The fourth-order valence-electron chi connectivity index (χ4n) is 2.50. The smallest absolute Gasteiger partial charge is 0.191 e. The number of hydrogen-bond acceptors (Lipinski definition) is 2. The summed E-state index contributed by atoms with van der Waals surface area (Å²) in [5, 5.41) is 11.1. The standard InChI is InChI=1S/C15H25N3S.HI/c1-3-15(7-5-8-15)12-18-14(16-4-2)17-10-13-6-9-19-11-13;/h6,9,11H,3-5,7-8,10,12H2,1-2H3,(H2,16,17,18);1H. The molecule has 1 aromatic heterocycles. The second kappa shape index (κ2) is 8.87. The highest BCUT2D eigenvalue weighted by atomic mass is 127. The van der Waals surface area contributed by atoms with Gasteiger partial charge in [-0.25, -0.2) is 4.99 Å². The zero-order chi connectivity index (χ0) is 13.6. The molecule has 20 heavy (non-hydrogen) atoms. The number of halogens is 1. The van der Waals surface area contributed by atoms with Crippen molar-refractivity contribution in [1.82, 2.24) is 10.6 Å². The van der Waals surface area contributed by atoms with Crippen LogP contribution in [0.15, 0.2) is 21.8 Å².